The summed E-state index contributed by atoms with van der Waals surface area (Å²) in [6, 6.07) is 0. The Morgan fingerprint density at radius 1 is 1.20 bits per heavy atom. The van der Waals surface area contributed by atoms with E-state index >= 15 is 0 Å². The Morgan fingerprint density at radius 2 is 1.20 bits per heavy atom. The molecule has 0 aliphatic carbocycles. The maximum absolute atomic E-state index is 8.63. The van der Waals surface area contributed by atoms with E-state index in [1.807, 2.05) is 20.0 Å². The van der Waals surface area contributed by atoms with E-state index in [4.69, 9.17) is 4.89 Å². The molecule has 1 nitrogen and oxygen atoms in total. The molecule has 0 radical (unpaired) electrons. The van der Waals surface area contributed by atoms with Gasteiger partial charge in [0, 0.05) is 0 Å². The van der Waals surface area contributed by atoms with Crippen molar-refractivity contribution in [1.29, 1.82) is 0 Å². The molecule has 0 atom stereocenters. The van der Waals surface area contributed by atoms with Crippen LogP contribution in [0.3, 0.4) is 0 Å². The fraction of sp³-hybridized carbons (Fsp3) is 1.00. The molecule has 0 aliphatic rings. The fourth-order valence-corrected chi connectivity index (χ4v) is 0. The van der Waals surface area contributed by atoms with Crippen LogP contribution in [-0.4, -0.2) is 24.9 Å². The quantitative estimate of drug-likeness (QED) is 0.439. The number of hydrogen-bond donors (Lipinski definition) is 1. The monoisotopic (exact) mass is 93.0 g/mol. The summed E-state index contributed by atoms with van der Waals surface area (Å²) in [5.74, 6) is 0. The summed E-state index contributed by atoms with van der Waals surface area (Å²) < 4.78 is 0. The van der Waals surface area contributed by atoms with Crippen molar-refractivity contribution >= 4 is 7.49 Å². The molecule has 1 N–H and O–H groups in total. The van der Waals surface area contributed by atoms with Crippen molar-refractivity contribution in [1.82, 2.24) is 0 Å². The predicted molar refractivity (Wildman–Crippen MR) is 26.9 cm³/mol. The molecule has 0 heterocycles. The second-order valence-corrected chi connectivity index (χ2v) is 5.82. The molecule has 0 saturated carbocycles. The molecule has 0 unspecified atom stereocenters. The summed E-state index contributed by atoms with van der Waals surface area (Å²) in [6.07, 6.45) is 0. The highest BCUT2D eigenvalue weighted by Crippen LogP contribution is 2.39. The SMILES string of the molecule is C[P+](C)(C)O. The Hall–Kier alpha value is 0.390. The van der Waals surface area contributed by atoms with Crippen molar-refractivity contribution in [3.8, 4) is 0 Å². The lowest BCUT2D eigenvalue weighted by Crippen LogP contribution is -1.75. The highest BCUT2D eigenvalue weighted by molar-refractivity contribution is 7.68. The van der Waals surface area contributed by atoms with E-state index in [0.29, 0.717) is 0 Å². The minimum absolute atomic E-state index is 1.39. The van der Waals surface area contributed by atoms with Crippen molar-refractivity contribution in [3.05, 3.63) is 0 Å². The van der Waals surface area contributed by atoms with Gasteiger partial charge in [0.05, 0.1) is 20.0 Å². The van der Waals surface area contributed by atoms with Gasteiger partial charge in [0.1, 0.15) is 7.49 Å². The Labute approximate surface area is 33.4 Å². The molecular weight excluding hydrogens is 83.0 g/mol. The highest BCUT2D eigenvalue weighted by atomic mass is 31.2. The van der Waals surface area contributed by atoms with Gasteiger partial charge in [0.15, 0.2) is 0 Å². The molecule has 5 heavy (non-hydrogen) atoms. The summed E-state index contributed by atoms with van der Waals surface area (Å²) in [6.45, 7) is 5.56. The van der Waals surface area contributed by atoms with Crippen LogP contribution in [0.4, 0.5) is 0 Å². The van der Waals surface area contributed by atoms with E-state index in [2.05, 4.69) is 0 Å². The van der Waals surface area contributed by atoms with Gasteiger partial charge in [0.25, 0.3) is 0 Å². The summed E-state index contributed by atoms with van der Waals surface area (Å²) in [5.41, 5.74) is 0. The first-order valence-electron chi connectivity index (χ1n) is 1.54. The lowest BCUT2D eigenvalue weighted by atomic mass is 11.9. The van der Waals surface area contributed by atoms with Gasteiger partial charge < -0.3 is 0 Å². The van der Waals surface area contributed by atoms with Crippen molar-refractivity contribution < 1.29 is 4.89 Å². The second kappa shape index (κ2) is 1.24. The van der Waals surface area contributed by atoms with Crippen LogP contribution in [0.25, 0.3) is 0 Å². The first-order valence-corrected chi connectivity index (χ1v) is 4.62. The lowest BCUT2D eigenvalue weighted by molar-refractivity contribution is 0.620. The molecule has 0 fully saturated rings. The van der Waals surface area contributed by atoms with Crippen LogP contribution in [0.5, 0.6) is 0 Å². The number of hydrogen-bond acceptors (Lipinski definition) is 1. The fourth-order valence-electron chi connectivity index (χ4n) is 0. The van der Waals surface area contributed by atoms with Gasteiger partial charge in [-0.3, -0.25) is 4.89 Å². The standard InChI is InChI=1S/C3H10OP/c1-5(2,3)4/h4H,1-3H3/q+1. The summed E-state index contributed by atoms with van der Waals surface area (Å²) in [7, 11) is -1.39. The van der Waals surface area contributed by atoms with Gasteiger partial charge in [-0.2, -0.15) is 0 Å². The van der Waals surface area contributed by atoms with E-state index in [9.17, 15) is 0 Å². The van der Waals surface area contributed by atoms with Gasteiger partial charge in [-0.15, -0.1) is 0 Å². The lowest BCUT2D eigenvalue weighted by Gasteiger charge is -1.94. The molecule has 2 heteroatoms. The Balaban J connectivity index is 3.02. The zero-order valence-corrected chi connectivity index (χ0v) is 4.79. The van der Waals surface area contributed by atoms with Crippen molar-refractivity contribution in [3.63, 3.8) is 0 Å². The maximum Gasteiger partial charge on any atom is 0.133 e. The van der Waals surface area contributed by atoms with Crippen LogP contribution >= 0.6 is 7.49 Å². The molecule has 0 rings (SSSR count). The van der Waals surface area contributed by atoms with Crippen LogP contribution in [-0.2, 0) is 0 Å². The van der Waals surface area contributed by atoms with E-state index in [1.54, 1.807) is 0 Å². The smallest absolute Gasteiger partial charge is 0.133 e. The first kappa shape index (κ1) is 5.39. The Bertz CT molecular complexity index is 22.4. The first-order chi connectivity index (χ1) is 2.00. The third-order valence-corrected chi connectivity index (χ3v) is 0. The minimum atomic E-state index is -1.39. The molecule has 0 saturated heterocycles. The normalized spacial score (nSPS) is 12.0. The largest absolute Gasteiger partial charge is 0.253 e. The van der Waals surface area contributed by atoms with Crippen LogP contribution in [0, 0.1) is 0 Å². The van der Waals surface area contributed by atoms with E-state index in [0.717, 1.165) is 0 Å². The summed E-state index contributed by atoms with van der Waals surface area (Å²) in [5, 5.41) is 0. The third-order valence-electron chi connectivity index (χ3n) is 0. The topological polar surface area (TPSA) is 20.2 Å². The molecule has 0 aromatic rings. The average Bonchev–Trinajstić information content (AvgIpc) is 0.722. The van der Waals surface area contributed by atoms with Gasteiger partial charge in [-0.1, -0.05) is 0 Å². The summed E-state index contributed by atoms with van der Waals surface area (Å²) in [4.78, 5) is 8.63. The van der Waals surface area contributed by atoms with Crippen molar-refractivity contribution in [2.75, 3.05) is 20.0 Å². The van der Waals surface area contributed by atoms with E-state index < -0.39 is 7.49 Å². The molecule has 0 bridgehead atoms. The molecule has 0 spiro atoms. The van der Waals surface area contributed by atoms with Gasteiger partial charge in [0.2, 0.25) is 0 Å². The zero-order chi connectivity index (χ0) is 4.50. The molecule has 0 aliphatic heterocycles. The van der Waals surface area contributed by atoms with Crippen LogP contribution in [0.15, 0.2) is 0 Å². The molecular formula is C3H10OP+. The Kier molecular flexibility index (Phi) is 1.33. The minimum Gasteiger partial charge on any atom is -0.253 e. The molecule has 0 aromatic heterocycles. The zero-order valence-electron chi connectivity index (χ0n) is 3.89. The molecule has 32 valence electrons. The number of rotatable bonds is 0. The van der Waals surface area contributed by atoms with Crippen LogP contribution < -0.4 is 0 Å². The summed E-state index contributed by atoms with van der Waals surface area (Å²) >= 11 is 0. The third kappa shape index (κ3) is 165. The Morgan fingerprint density at radius 3 is 1.20 bits per heavy atom. The highest BCUT2D eigenvalue weighted by Gasteiger charge is 2.07. The van der Waals surface area contributed by atoms with E-state index in [1.165, 1.54) is 0 Å². The second-order valence-electron chi connectivity index (χ2n) is 1.94. The predicted octanol–water partition coefficient (Wildman–Crippen LogP) is 0.801. The van der Waals surface area contributed by atoms with Crippen LogP contribution in [0.1, 0.15) is 0 Å². The van der Waals surface area contributed by atoms with E-state index in [-0.39, 0.29) is 0 Å². The van der Waals surface area contributed by atoms with Crippen LogP contribution in [0.2, 0.25) is 0 Å². The van der Waals surface area contributed by atoms with Crippen molar-refractivity contribution in [2.24, 2.45) is 0 Å². The molecule has 0 aromatic carbocycles. The van der Waals surface area contributed by atoms with Crippen molar-refractivity contribution in [2.45, 2.75) is 0 Å². The maximum atomic E-state index is 8.63. The van der Waals surface area contributed by atoms with Gasteiger partial charge >= 0.3 is 0 Å². The molecule has 0 amide bonds. The average molecular weight is 93.1 g/mol. The van der Waals surface area contributed by atoms with Gasteiger partial charge in [-0.05, 0) is 0 Å². The van der Waals surface area contributed by atoms with Gasteiger partial charge in [-0.25, -0.2) is 0 Å².